The third-order valence-corrected chi connectivity index (χ3v) is 3.29. The van der Waals surface area contributed by atoms with Crippen molar-refractivity contribution in [3.8, 4) is 0 Å². The molecular weight excluding hydrogens is 260 g/mol. The van der Waals surface area contributed by atoms with Gasteiger partial charge in [-0.3, -0.25) is 4.57 Å². The number of hydrogen-bond donors (Lipinski definition) is 0. The van der Waals surface area contributed by atoms with Crippen LogP contribution in [-0.4, -0.2) is 14.8 Å². The van der Waals surface area contributed by atoms with Crippen molar-refractivity contribution in [2.75, 3.05) is 0 Å². The van der Waals surface area contributed by atoms with Crippen LogP contribution in [0.5, 0.6) is 0 Å². The second-order valence-electron chi connectivity index (χ2n) is 4.42. The maximum absolute atomic E-state index is 13.6. The number of halogens is 3. The SMILES string of the molecule is Fc1ccc(F)c(Cn2c(Cl)nnc2C2CC2)c1. The van der Waals surface area contributed by atoms with Crippen LogP contribution in [0.25, 0.3) is 0 Å². The van der Waals surface area contributed by atoms with E-state index in [9.17, 15) is 8.78 Å². The number of hydrogen-bond acceptors (Lipinski definition) is 2. The van der Waals surface area contributed by atoms with E-state index in [4.69, 9.17) is 11.6 Å². The minimum atomic E-state index is -0.469. The lowest BCUT2D eigenvalue weighted by atomic mass is 10.2. The van der Waals surface area contributed by atoms with E-state index in [0.29, 0.717) is 5.92 Å². The molecule has 1 aromatic carbocycles. The summed E-state index contributed by atoms with van der Waals surface area (Å²) in [4.78, 5) is 0. The lowest BCUT2D eigenvalue weighted by Gasteiger charge is -2.08. The van der Waals surface area contributed by atoms with Gasteiger partial charge in [-0.05, 0) is 42.6 Å². The Bertz CT molecular complexity index is 593. The van der Waals surface area contributed by atoms with Crippen LogP contribution in [0.3, 0.4) is 0 Å². The number of nitrogens with zero attached hydrogens (tertiary/aromatic N) is 3. The third-order valence-electron chi connectivity index (χ3n) is 3.01. The summed E-state index contributed by atoms with van der Waals surface area (Å²) in [5.41, 5.74) is 0.249. The van der Waals surface area contributed by atoms with E-state index < -0.39 is 11.6 Å². The zero-order valence-corrected chi connectivity index (χ0v) is 10.2. The summed E-state index contributed by atoms with van der Waals surface area (Å²) >= 11 is 5.93. The Morgan fingerprint density at radius 2 is 2.06 bits per heavy atom. The molecule has 0 aliphatic heterocycles. The van der Waals surface area contributed by atoms with Gasteiger partial charge in [-0.1, -0.05) is 0 Å². The fraction of sp³-hybridized carbons (Fsp3) is 0.333. The molecule has 0 atom stereocenters. The van der Waals surface area contributed by atoms with E-state index in [0.717, 1.165) is 30.8 Å². The van der Waals surface area contributed by atoms with E-state index in [1.165, 1.54) is 6.07 Å². The van der Waals surface area contributed by atoms with Crippen molar-refractivity contribution in [2.45, 2.75) is 25.3 Å². The van der Waals surface area contributed by atoms with Gasteiger partial charge in [0, 0.05) is 11.5 Å². The normalized spacial score (nSPS) is 15.1. The van der Waals surface area contributed by atoms with E-state index in [2.05, 4.69) is 10.2 Å². The summed E-state index contributed by atoms with van der Waals surface area (Å²) in [7, 11) is 0. The first-order valence-corrected chi connectivity index (χ1v) is 6.05. The predicted octanol–water partition coefficient (Wildman–Crippen LogP) is 3.14. The highest BCUT2D eigenvalue weighted by Gasteiger charge is 2.30. The average Bonchev–Trinajstić information content (AvgIpc) is 3.11. The second-order valence-corrected chi connectivity index (χ2v) is 4.76. The van der Waals surface area contributed by atoms with Crippen LogP contribution >= 0.6 is 11.6 Å². The molecule has 6 heteroatoms. The van der Waals surface area contributed by atoms with Crippen molar-refractivity contribution in [1.82, 2.24) is 14.8 Å². The molecule has 0 spiro atoms. The van der Waals surface area contributed by atoms with Crippen molar-refractivity contribution < 1.29 is 8.78 Å². The lowest BCUT2D eigenvalue weighted by molar-refractivity contribution is 0.573. The molecule has 1 heterocycles. The molecule has 0 bridgehead atoms. The molecule has 1 aromatic heterocycles. The Morgan fingerprint density at radius 1 is 1.28 bits per heavy atom. The van der Waals surface area contributed by atoms with Gasteiger partial charge in [0.05, 0.1) is 6.54 Å². The topological polar surface area (TPSA) is 30.7 Å². The Balaban J connectivity index is 1.96. The standard InChI is InChI=1S/C12H10ClF2N3/c13-12-17-16-11(7-1-2-7)18(12)6-8-5-9(14)3-4-10(8)15/h3-5,7H,1-2,6H2. The number of aromatic nitrogens is 3. The number of benzene rings is 1. The van der Waals surface area contributed by atoms with Gasteiger partial charge in [0.1, 0.15) is 17.5 Å². The molecule has 0 amide bonds. The molecule has 1 aliphatic rings. The van der Waals surface area contributed by atoms with E-state index >= 15 is 0 Å². The Labute approximate surface area is 107 Å². The second kappa shape index (κ2) is 4.31. The molecule has 18 heavy (non-hydrogen) atoms. The number of rotatable bonds is 3. The summed E-state index contributed by atoms with van der Waals surface area (Å²) in [5, 5.41) is 7.99. The first-order chi connectivity index (χ1) is 8.65. The zero-order chi connectivity index (χ0) is 12.7. The van der Waals surface area contributed by atoms with E-state index in [1.807, 2.05) is 0 Å². The van der Waals surface area contributed by atoms with Crippen LogP contribution in [0.1, 0.15) is 30.1 Å². The summed E-state index contributed by atoms with van der Waals surface area (Å²) in [6.45, 7) is 0.154. The van der Waals surface area contributed by atoms with Gasteiger partial charge in [-0.15, -0.1) is 10.2 Å². The van der Waals surface area contributed by atoms with Gasteiger partial charge in [0.15, 0.2) is 0 Å². The lowest BCUT2D eigenvalue weighted by Crippen LogP contribution is -2.06. The fourth-order valence-electron chi connectivity index (χ4n) is 1.92. The monoisotopic (exact) mass is 269 g/mol. The molecule has 0 radical (unpaired) electrons. The molecule has 3 rings (SSSR count). The van der Waals surface area contributed by atoms with Gasteiger partial charge in [0.25, 0.3) is 0 Å². The molecule has 3 nitrogen and oxygen atoms in total. The van der Waals surface area contributed by atoms with Crippen LogP contribution in [0.2, 0.25) is 5.28 Å². The molecule has 2 aromatic rings. The largest absolute Gasteiger partial charge is 0.297 e. The highest BCUT2D eigenvalue weighted by atomic mass is 35.5. The van der Waals surface area contributed by atoms with Gasteiger partial charge < -0.3 is 0 Å². The van der Waals surface area contributed by atoms with Crippen LogP contribution in [0.15, 0.2) is 18.2 Å². The molecule has 0 unspecified atom stereocenters. The summed E-state index contributed by atoms with van der Waals surface area (Å²) in [6.07, 6.45) is 2.08. The highest BCUT2D eigenvalue weighted by molar-refractivity contribution is 6.28. The molecular formula is C12H10ClF2N3. The molecule has 0 saturated heterocycles. The van der Waals surface area contributed by atoms with Crippen molar-refractivity contribution in [3.63, 3.8) is 0 Å². The maximum Gasteiger partial charge on any atom is 0.225 e. The zero-order valence-electron chi connectivity index (χ0n) is 9.41. The molecule has 94 valence electrons. The molecule has 0 N–H and O–H groups in total. The minimum absolute atomic E-state index is 0.154. The quantitative estimate of drug-likeness (QED) is 0.857. The summed E-state index contributed by atoms with van der Waals surface area (Å²) in [5.74, 6) is 0.178. The van der Waals surface area contributed by atoms with Crippen molar-refractivity contribution in [1.29, 1.82) is 0 Å². The summed E-state index contributed by atoms with van der Waals surface area (Å²) < 4.78 is 28.3. The van der Waals surface area contributed by atoms with E-state index in [1.54, 1.807) is 4.57 Å². The van der Waals surface area contributed by atoms with Crippen LogP contribution in [-0.2, 0) is 6.54 Å². The van der Waals surface area contributed by atoms with Gasteiger partial charge in [0.2, 0.25) is 5.28 Å². The first kappa shape index (κ1) is 11.6. The maximum atomic E-state index is 13.6. The molecule has 1 saturated carbocycles. The average molecular weight is 270 g/mol. The fourth-order valence-corrected chi connectivity index (χ4v) is 2.10. The third kappa shape index (κ3) is 2.10. The van der Waals surface area contributed by atoms with Gasteiger partial charge >= 0.3 is 0 Å². The van der Waals surface area contributed by atoms with Crippen LogP contribution in [0, 0.1) is 11.6 Å². The Morgan fingerprint density at radius 3 is 2.78 bits per heavy atom. The van der Waals surface area contributed by atoms with Crippen molar-refractivity contribution in [2.24, 2.45) is 0 Å². The summed E-state index contributed by atoms with van der Waals surface area (Å²) in [6, 6.07) is 3.37. The molecule has 1 aliphatic carbocycles. The smallest absolute Gasteiger partial charge is 0.225 e. The Kier molecular flexibility index (Phi) is 2.78. The van der Waals surface area contributed by atoms with E-state index in [-0.39, 0.29) is 17.4 Å². The van der Waals surface area contributed by atoms with Crippen molar-refractivity contribution >= 4 is 11.6 Å². The van der Waals surface area contributed by atoms with Crippen LogP contribution < -0.4 is 0 Å². The van der Waals surface area contributed by atoms with Gasteiger partial charge in [-0.25, -0.2) is 8.78 Å². The predicted molar refractivity (Wildman–Crippen MR) is 62.5 cm³/mol. The Hall–Kier alpha value is -1.49. The van der Waals surface area contributed by atoms with Crippen molar-refractivity contribution in [3.05, 3.63) is 46.5 Å². The van der Waals surface area contributed by atoms with Crippen LogP contribution in [0.4, 0.5) is 8.78 Å². The molecule has 1 fully saturated rings. The van der Waals surface area contributed by atoms with Gasteiger partial charge in [-0.2, -0.15) is 0 Å². The highest BCUT2D eigenvalue weighted by Crippen LogP contribution is 2.39. The first-order valence-electron chi connectivity index (χ1n) is 5.67. The minimum Gasteiger partial charge on any atom is -0.297 e.